The van der Waals surface area contributed by atoms with E-state index in [0.717, 1.165) is 19.0 Å². The number of carbonyl (C=O) groups excluding carboxylic acids is 1. The number of nitrogens with zero attached hydrogens (tertiary/aromatic N) is 2. The Balaban J connectivity index is 1.41. The number of hydrogen-bond acceptors (Lipinski definition) is 3. The molecular formula is C17H24N2OS. The Bertz CT molecular complexity index is 497. The van der Waals surface area contributed by atoms with Gasteiger partial charge in [-0.2, -0.15) is 0 Å². The van der Waals surface area contributed by atoms with Crippen LogP contribution < -0.4 is 0 Å². The molecule has 3 saturated heterocycles. The fourth-order valence-corrected chi connectivity index (χ4v) is 4.61. The van der Waals surface area contributed by atoms with Crippen LogP contribution in [0.4, 0.5) is 0 Å². The van der Waals surface area contributed by atoms with Crippen LogP contribution in [0, 0.1) is 11.8 Å². The van der Waals surface area contributed by atoms with E-state index in [1.165, 1.54) is 43.6 Å². The molecule has 1 aromatic heterocycles. The fraction of sp³-hybridized carbons (Fsp3) is 0.706. The van der Waals surface area contributed by atoms with E-state index in [9.17, 15) is 4.79 Å². The van der Waals surface area contributed by atoms with Crippen LogP contribution in [-0.4, -0.2) is 47.9 Å². The van der Waals surface area contributed by atoms with Crippen molar-refractivity contribution in [2.45, 2.75) is 38.1 Å². The highest BCUT2D eigenvalue weighted by Gasteiger charge is 2.38. The van der Waals surface area contributed by atoms with Crippen LogP contribution in [0.2, 0.25) is 0 Å². The van der Waals surface area contributed by atoms with Crippen LogP contribution in [-0.2, 0) is 11.2 Å². The first kappa shape index (κ1) is 13.8. The summed E-state index contributed by atoms with van der Waals surface area (Å²) >= 11 is 1.70. The first-order valence-corrected chi connectivity index (χ1v) is 9.20. The molecule has 1 amide bonds. The quantitative estimate of drug-likeness (QED) is 0.854. The number of piperidine rings is 1. The van der Waals surface area contributed by atoms with Crippen molar-refractivity contribution in [3.8, 4) is 0 Å². The van der Waals surface area contributed by atoms with Gasteiger partial charge in [0.15, 0.2) is 0 Å². The van der Waals surface area contributed by atoms with Crippen molar-refractivity contribution in [1.29, 1.82) is 0 Å². The molecule has 4 fully saturated rings. The van der Waals surface area contributed by atoms with Crippen molar-refractivity contribution in [2.24, 2.45) is 11.8 Å². The van der Waals surface area contributed by atoms with Gasteiger partial charge in [0.25, 0.3) is 0 Å². The second kappa shape index (κ2) is 5.73. The molecule has 3 nitrogen and oxygen atoms in total. The summed E-state index contributed by atoms with van der Waals surface area (Å²) in [6.07, 6.45) is 6.05. The number of carbonyl (C=O) groups is 1. The highest BCUT2D eigenvalue weighted by Crippen LogP contribution is 2.35. The first-order valence-electron chi connectivity index (χ1n) is 8.32. The highest BCUT2D eigenvalue weighted by atomic mass is 32.1. The standard InChI is InChI=1S/C17H24N2OS/c20-17(8-16-2-1-7-21-16)19-11-14-5-6-15(12-19)18(10-14)9-13-3-4-13/h1-2,7,13-15H,3-6,8-12H2/t14-,15-/m1/s1. The molecule has 1 aromatic rings. The predicted octanol–water partition coefficient (Wildman–Crippen LogP) is 2.62. The highest BCUT2D eigenvalue weighted by molar-refractivity contribution is 7.10. The van der Waals surface area contributed by atoms with Gasteiger partial charge < -0.3 is 4.90 Å². The number of hydrogen-bond donors (Lipinski definition) is 0. The molecule has 1 saturated carbocycles. The van der Waals surface area contributed by atoms with E-state index in [0.29, 0.717) is 24.3 Å². The third kappa shape index (κ3) is 3.16. The van der Waals surface area contributed by atoms with Crippen molar-refractivity contribution in [3.63, 3.8) is 0 Å². The van der Waals surface area contributed by atoms with Crippen LogP contribution in [0.3, 0.4) is 0 Å². The van der Waals surface area contributed by atoms with Crippen molar-refractivity contribution < 1.29 is 4.79 Å². The van der Waals surface area contributed by atoms with E-state index in [4.69, 9.17) is 0 Å². The maximum Gasteiger partial charge on any atom is 0.227 e. The molecule has 1 aliphatic carbocycles. The lowest BCUT2D eigenvalue weighted by Gasteiger charge is -2.36. The normalized spacial score (nSPS) is 29.6. The lowest BCUT2D eigenvalue weighted by atomic mass is 9.95. The van der Waals surface area contributed by atoms with Crippen LogP contribution in [0.1, 0.15) is 30.6 Å². The second-order valence-corrected chi connectivity index (χ2v) is 8.08. The molecule has 0 spiro atoms. The van der Waals surface area contributed by atoms with Gasteiger partial charge in [-0.3, -0.25) is 9.69 Å². The minimum atomic E-state index is 0.336. The molecule has 4 heterocycles. The Morgan fingerprint density at radius 3 is 2.86 bits per heavy atom. The summed E-state index contributed by atoms with van der Waals surface area (Å²) < 4.78 is 0. The lowest BCUT2D eigenvalue weighted by Crippen LogP contribution is -2.45. The molecule has 4 aliphatic rings. The lowest BCUT2D eigenvalue weighted by molar-refractivity contribution is -0.130. The Morgan fingerprint density at radius 1 is 1.19 bits per heavy atom. The van der Waals surface area contributed by atoms with Gasteiger partial charge in [0.1, 0.15) is 0 Å². The molecule has 2 atom stereocenters. The Kier molecular flexibility index (Phi) is 3.76. The van der Waals surface area contributed by atoms with Gasteiger partial charge in [0.2, 0.25) is 5.91 Å². The molecule has 0 aromatic carbocycles. The minimum absolute atomic E-state index is 0.336. The van der Waals surface area contributed by atoms with Crippen LogP contribution in [0.25, 0.3) is 0 Å². The van der Waals surface area contributed by atoms with Gasteiger partial charge >= 0.3 is 0 Å². The average molecular weight is 304 g/mol. The summed E-state index contributed by atoms with van der Waals surface area (Å²) in [5.74, 6) is 2.00. The Labute approximate surface area is 130 Å². The van der Waals surface area contributed by atoms with E-state index in [2.05, 4.69) is 21.2 Å². The Morgan fingerprint density at radius 2 is 2.10 bits per heavy atom. The molecular weight excluding hydrogens is 280 g/mol. The summed E-state index contributed by atoms with van der Waals surface area (Å²) in [5, 5.41) is 2.06. The first-order chi connectivity index (χ1) is 10.3. The zero-order valence-electron chi connectivity index (χ0n) is 12.5. The van der Waals surface area contributed by atoms with E-state index < -0.39 is 0 Å². The SMILES string of the molecule is O=C(Cc1cccs1)N1C[C@@H]2CC[C@H](C1)N(CC1CC1)C2. The summed E-state index contributed by atoms with van der Waals surface area (Å²) in [6.45, 7) is 4.47. The zero-order valence-corrected chi connectivity index (χ0v) is 13.4. The smallest absolute Gasteiger partial charge is 0.227 e. The third-order valence-corrected chi connectivity index (χ3v) is 6.15. The van der Waals surface area contributed by atoms with Crippen molar-refractivity contribution in [2.75, 3.05) is 26.2 Å². The largest absolute Gasteiger partial charge is 0.340 e. The number of fused-ring (bicyclic) bond motifs is 4. The summed E-state index contributed by atoms with van der Waals surface area (Å²) in [4.78, 5) is 18.7. The van der Waals surface area contributed by atoms with Crippen LogP contribution in [0.5, 0.6) is 0 Å². The minimum Gasteiger partial charge on any atom is -0.340 e. The molecule has 0 radical (unpaired) electrons. The van der Waals surface area contributed by atoms with Crippen molar-refractivity contribution in [1.82, 2.24) is 9.80 Å². The molecule has 0 unspecified atom stereocenters. The third-order valence-electron chi connectivity index (χ3n) is 5.27. The van der Waals surface area contributed by atoms with E-state index in [1.807, 2.05) is 6.07 Å². The molecule has 5 rings (SSSR count). The van der Waals surface area contributed by atoms with Gasteiger partial charge in [-0.1, -0.05) is 6.07 Å². The van der Waals surface area contributed by atoms with E-state index in [1.54, 1.807) is 11.3 Å². The number of rotatable bonds is 4. The van der Waals surface area contributed by atoms with Crippen LogP contribution in [0.15, 0.2) is 17.5 Å². The van der Waals surface area contributed by atoms with E-state index >= 15 is 0 Å². The maximum absolute atomic E-state index is 12.6. The second-order valence-electron chi connectivity index (χ2n) is 7.05. The zero-order chi connectivity index (χ0) is 14.2. The molecule has 114 valence electrons. The molecule has 0 N–H and O–H groups in total. The van der Waals surface area contributed by atoms with Crippen LogP contribution >= 0.6 is 11.3 Å². The van der Waals surface area contributed by atoms with Gasteiger partial charge in [0, 0.05) is 37.1 Å². The molecule has 4 heteroatoms. The summed E-state index contributed by atoms with van der Waals surface area (Å²) in [5.41, 5.74) is 0. The fourth-order valence-electron chi connectivity index (χ4n) is 3.91. The van der Waals surface area contributed by atoms with Crippen molar-refractivity contribution >= 4 is 17.2 Å². The Hall–Kier alpha value is -0.870. The summed E-state index contributed by atoms with van der Waals surface area (Å²) in [7, 11) is 0. The monoisotopic (exact) mass is 304 g/mol. The molecule has 2 bridgehead atoms. The number of amides is 1. The predicted molar refractivity (Wildman–Crippen MR) is 85.4 cm³/mol. The topological polar surface area (TPSA) is 23.6 Å². The van der Waals surface area contributed by atoms with Gasteiger partial charge in [-0.25, -0.2) is 0 Å². The van der Waals surface area contributed by atoms with Gasteiger partial charge in [-0.15, -0.1) is 11.3 Å². The molecule has 21 heavy (non-hydrogen) atoms. The summed E-state index contributed by atoms with van der Waals surface area (Å²) in [6, 6.07) is 4.74. The number of thiophene rings is 1. The maximum atomic E-state index is 12.6. The van der Waals surface area contributed by atoms with Crippen molar-refractivity contribution in [3.05, 3.63) is 22.4 Å². The van der Waals surface area contributed by atoms with E-state index in [-0.39, 0.29) is 0 Å². The van der Waals surface area contributed by atoms with Gasteiger partial charge in [-0.05, 0) is 49.0 Å². The molecule has 3 aliphatic heterocycles. The average Bonchev–Trinajstić information content (AvgIpc) is 3.22. The van der Waals surface area contributed by atoms with Gasteiger partial charge in [0.05, 0.1) is 6.42 Å².